The summed E-state index contributed by atoms with van der Waals surface area (Å²) < 4.78 is 4.96. The number of aromatic nitrogens is 3. The highest BCUT2D eigenvalue weighted by Crippen LogP contribution is 2.17. The lowest BCUT2D eigenvalue weighted by Crippen LogP contribution is -2.30. The lowest BCUT2D eigenvalue weighted by molar-refractivity contribution is 0.0948. The lowest BCUT2D eigenvalue weighted by atomic mass is 10.2. The maximum absolute atomic E-state index is 11.3. The summed E-state index contributed by atoms with van der Waals surface area (Å²) in [5.74, 6) is 5.04. The van der Waals surface area contributed by atoms with Gasteiger partial charge in [0.25, 0.3) is 5.91 Å². The smallest absolute Gasteiger partial charge is 0.285 e. The molecular formula is C11H11N5O2. The summed E-state index contributed by atoms with van der Waals surface area (Å²) in [4.78, 5) is 23.4. The minimum Gasteiger partial charge on any atom is -0.481 e. The van der Waals surface area contributed by atoms with E-state index in [2.05, 4.69) is 15.0 Å². The number of pyridine rings is 1. The number of nitrogens with zero attached hydrogens (tertiary/aromatic N) is 3. The normalized spacial score (nSPS) is 9.89. The van der Waals surface area contributed by atoms with Crippen molar-refractivity contribution in [1.82, 2.24) is 20.4 Å². The predicted octanol–water partition coefficient (Wildman–Crippen LogP) is 0.151. The van der Waals surface area contributed by atoms with Crippen molar-refractivity contribution in [3.05, 3.63) is 36.4 Å². The topological polar surface area (TPSA) is 103 Å². The van der Waals surface area contributed by atoms with Crippen molar-refractivity contribution in [2.75, 3.05) is 7.11 Å². The van der Waals surface area contributed by atoms with Gasteiger partial charge in [0.1, 0.15) is 5.69 Å². The molecule has 0 saturated carbocycles. The van der Waals surface area contributed by atoms with Gasteiger partial charge in [0.05, 0.1) is 25.2 Å². The van der Waals surface area contributed by atoms with Gasteiger partial charge in [-0.15, -0.1) is 0 Å². The van der Waals surface area contributed by atoms with Crippen LogP contribution in [0.1, 0.15) is 10.5 Å². The van der Waals surface area contributed by atoms with Crippen LogP contribution in [-0.2, 0) is 0 Å². The van der Waals surface area contributed by atoms with Crippen LogP contribution in [0.25, 0.3) is 11.3 Å². The molecule has 0 atom stereocenters. The quantitative estimate of drug-likeness (QED) is 0.453. The van der Waals surface area contributed by atoms with E-state index < -0.39 is 5.91 Å². The van der Waals surface area contributed by atoms with Crippen LogP contribution in [0.15, 0.2) is 30.7 Å². The largest absolute Gasteiger partial charge is 0.481 e. The maximum Gasteiger partial charge on any atom is 0.285 e. The predicted molar refractivity (Wildman–Crippen MR) is 63.5 cm³/mol. The van der Waals surface area contributed by atoms with Gasteiger partial charge in [0.15, 0.2) is 0 Å². The molecule has 0 bridgehead atoms. The van der Waals surface area contributed by atoms with Gasteiger partial charge in [-0.05, 0) is 6.07 Å². The van der Waals surface area contributed by atoms with Crippen molar-refractivity contribution < 1.29 is 9.53 Å². The van der Waals surface area contributed by atoms with E-state index in [1.807, 2.05) is 5.43 Å². The third kappa shape index (κ3) is 2.41. The van der Waals surface area contributed by atoms with Crippen LogP contribution < -0.4 is 16.0 Å². The van der Waals surface area contributed by atoms with Gasteiger partial charge in [0, 0.05) is 17.8 Å². The number of hydrazine groups is 1. The highest BCUT2D eigenvalue weighted by Gasteiger charge is 2.08. The van der Waals surface area contributed by atoms with E-state index in [4.69, 9.17) is 10.6 Å². The van der Waals surface area contributed by atoms with Gasteiger partial charge in [0.2, 0.25) is 5.88 Å². The Kier molecular flexibility index (Phi) is 3.44. The van der Waals surface area contributed by atoms with Crippen LogP contribution in [0.4, 0.5) is 0 Å². The van der Waals surface area contributed by atoms with Crippen LogP contribution in [-0.4, -0.2) is 28.0 Å². The summed E-state index contributed by atoms with van der Waals surface area (Å²) in [5.41, 5.74) is 3.41. The van der Waals surface area contributed by atoms with Crippen LogP contribution in [0.2, 0.25) is 0 Å². The van der Waals surface area contributed by atoms with Gasteiger partial charge < -0.3 is 4.74 Å². The SMILES string of the molecule is COc1ccc(-c2cncc(C(=O)NN)n2)cn1. The van der Waals surface area contributed by atoms with Crippen molar-refractivity contribution in [3.63, 3.8) is 0 Å². The van der Waals surface area contributed by atoms with Crippen LogP contribution in [0.3, 0.4) is 0 Å². The molecule has 92 valence electrons. The molecular weight excluding hydrogens is 234 g/mol. The minimum atomic E-state index is -0.495. The molecule has 0 aliphatic carbocycles. The standard InChI is InChI=1S/C11H11N5O2/c1-18-10-3-2-7(4-14-10)8-5-13-6-9(15-8)11(17)16-12/h2-6H,12H2,1H3,(H,16,17). The molecule has 7 nitrogen and oxygen atoms in total. The van der Waals surface area contributed by atoms with E-state index in [-0.39, 0.29) is 5.69 Å². The van der Waals surface area contributed by atoms with Gasteiger partial charge in [-0.25, -0.2) is 15.8 Å². The maximum atomic E-state index is 11.3. The summed E-state index contributed by atoms with van der Waals surface area (Å²) in [6.45, 7) is 0. The lowest BCUT2D eigenvalue weighted by Gasteiger charge is -2.03. The van der Waals surface area contributed by atoms with Crippen LogP contribution >= 0.6 is 0 Å². The van der Waals surface area contributed by atoms with E-state index in [1.54, 1.807) is 18.3 Å². The number of nitrogens with two attached hydrogens (primary N) is 1. The highest BCUT2D eigenvalue weighted by molar-refractivity contribution is 5.91. The van der Waals surface area contributed by atoms with Crippen molar-refractivity contribution in [2.45, 2.75) is 0 Å². The molecule has 0 spiro atoms. The van der Waals surface area contributed by atoms with Crippen molar-refractivity contribution in [3.8, 4) is 17.1 Å². The second-order valence-corrected chi connectivity index (χ2v) is 3.35. The fourth-order valence-corrected chi connectivity index (χ4v) is 1.34. The van der Waals surface area contributed by atoms with Gasteiger partial charge in [-0.2, -0.15) is 0 Å². The highest BCUT2D eigenvalue weighted by atomic mass is 16.5. The second kappa shape index (κ2) is 5.19. The number of rotatable bonds is 3. The monoisotopic (exact) mass is 245 g/mol. The van der Waals surface area contributed by atoms with Crippen LogP contribution in [0, 0.1) is 0 Å². The number of amides is 1. The molecule has 18 heavy (non-hydrogen) atoms. The molecule has 2 aromatic rings. The first kappa shape index (κ1) is 11.9. The third-order valence-corrected chi connectivity index (χ3v) is 2.24. The summed E-state index contributed by atoms with van der Waals surface area (Å²) in [5, 5.41) is 0. The van der Waals surface area contributed by atoms with E-state index in [1.165, 1.54) is 19.5 Å². The summed E-state index contributed by atoms with van der Waals surface area (Å²) in [7, 11) is 1.54. The fourth-order valence-electron chi connectivity index (χ4n) is 1.34. The van der Waals surface area contributed by atoms with Crippen molar-refractivity contribution in [2.24, 2.45) is 5.84 Å². The first-order valence-electron chi connectivity index (χ1n) is 5.08. The molecule has 0 aliphatic heterocycles. The Balaban J connectivity index is 2.35. The average molecular weight is 245 g/mol. The minimum absolute atomic E-state index is 0.144. The van der Waals surface area contributed by atoms with E-state index in [0.717, 1.165) is 5.56 Å². The van der Waals surface area contributed by atoms with Gasteiger partial charge >= 0.3 is 0 Å². The molecule has 2 heterocycles. The molecule has 0 saturated heterocycles. The number of ether oxygens (including phenoxy) is 1. The molecule has 3 N–H and O–H groups in total. The fraction of sp³-hybridized carbons (Fsp3) is 0.0909. The summed E-state index contributed by atoms with van der Waals surface area (Å²) in [6.07, 6.45) is 4.46. The van der Waals surface area contributed by atoms with Crippen molar-refractivity contribution >= 4 is 5.91 Å². The average Bonchev–Trinajstić information content (AvgIpc) is 2.46. The van der Waals surface area contributed by atoms with Crippen molar-refractivity contribution in [1.29, 1.82) is 0 Å². The summed E-state index contributed by atoms with van der Waals surface area (Å²) >= 11 is 0. The molecule has 2 rings (SSSR count). The molecule has 0 fully saturated rings. The number of carbonyl (C=O) groups is 1. The zero-order chi connectivity index (χ0) is 13.0. The molecule has 0 unspecified atom stereocenters. The Labute approximate surface area is 103 Å². The van der Waals surface area contributed by atoms with Gasteiger partial charge in [-0.1, -0.05) is 0 Å². The number of hydrogen-bond acceptors (Lipinski definition) is 6. The Bertz CT molecular complexity index is 556. The van der Waals surface area contributed by atoms with Crippen LogP contribution in [0.5, 0.6) is 5.88 Å². The zero-order valence-corrected chi connectivity index (χ0v) is 9.62. The van der Waals surface area contributed by atoms with E-state index in [9.17, 15) is 4.79 Å². The Morgan fingerprint density at radius 3 is 2.78 bits per heavy atom. The Morgan fingerprint density at radius 2 is 2.17 bits per heavy atom. The molecule has 0 radical (unpaired) electrons. The first-order chi connectivity index (χ1) is 8.74. The second-order valence-electron chi connectivity index (χ2n) is 3.35. The number of nitrogen functional groups attached to an aromatic ring is 1. The molecule has 0 aromatic carbocycles. The van der Waals surface area contributed by atoms with E-state index in [0.29, 0.717) is 11.6 Å². The molecule has 7 heteroatoms. The van der Waals surface area contributed by atoms with E-state index >= 15 is 0 Å². The Hall–Kier alpha value is -2.54. The zero-order valence-electron chi connectivity index (χ0n) is 9.62. The van der Waals surface area contributed by atoms with Gasteiger partial charge in [-0.3, -0.25) is 15.2 Å². The molecule has 1 amide bonds. The number of hydrogen-bond donors (Lipinski definition) is 2. The Morgan fingerprint density at radius 1 is 1.33 bits per heavy atom. The first-order valence-corrected chi connectivity index (χ1v) is 5.08. The number of carbonyl (C=O) groups excluding carboxylic acids is 1. The number of nitrogens with one attached hydrogen (secondary N) is 1. The third-order valence-electron chi connectivity index (χ3n) is 2.24. The molecule has 2 aromatic heterocycles. The summed E-state index contributed by atoms with van der Waals surface area (Å²) in [6, 6.07) is 3.48. The number of methoxy groups -OCH3 is 1. The molecule has 0 aliphatic rings.